The quantitative estimate of drug-likeness (QED) is 0.713. The summed E-state index contributed by atoms with van der Waals surface area (Å²) in [5.74, 6) is 1.84. The zero-order valence-electron chi connectivity index (χ0n) is 15.7. The molecule has 0 aromatic heterocycles. The fraction of sp³-hybridized carbons (Fsp3) is 1.00. The van der Waals surface area contributed by atoms with Crippen molar-refractivity contribution in [3.05, 3.63) is 0 Å². The molecule has 0 radical (unpaired) electrons. The highest BCUT2D eigenvalue weighted by Crippen LogP contribution is 2.48. The first kappa shape index (κ1) is 18.2. The summed E-state index contributed by atoms with van der Waals surface area (Å²) >= 11 is 0. The average molecular weight is 356 g/mol. The summed E-state index contributed by atoms with van der Waals surface area (Å²) < 4.78 is 34.4. The highest BCUT2D eigenvalue weighted by atomic mass is 19.1. The van der Waals surface area contributed by atoms with Crippen LogP contribution in [0.2, 0.25) is 0 Å². The Kier molecular flexibility index (Phi) is 5.66. The van der Waals surface area contributed by atoms with E-state index < -0.39 is 18.4 Å². The molecule has 1 heterocycles. The number of ether oxygens (including phenoxy) is 1. The molecule has 2 nitrogen and oxygen atoms in total. The maximum absolute atomic E-state index is 14.2. The van der Waals surface area contributed by atoms with Crippen molar-refractivity contribution in [3.8, 4) is 0 Å². The van der Waals surface area contributed by atoms with Crippen molar-refractivity contribution >= 4 is 0 Å². The van der Waals surface area contributed by atoms with Crippen LogP contribution in [0.1, 0.15) is 70.6 Å². The summed E-state index contributed by atoms with van der Waals surface area (Å²) in [6.07, 6.45) is 8.98. The standard InChI is InChI=1S/C21H35F2NO/c1-24-19-11-4-2-7-14(19)16(15-8-3-5-12-20(15)24)13-25-21-17(22)9-6-10-18(21)23/h14-21H,2-13H2,1H3. The molecule has 1 aliphatic heterocycles. The fourth-order valence-electron chi connectivity index (χ4n) is 6.59. The Labute approximate surface area is 151 Å². The molecule has 6 unspecified atom stereocenters. The summed E-state index contributed by atoms with van der Waals surface area (Å²) in [6, 6.07) is 1.32. The first-order chi connectivity index (χ1) is 12.2. The Bertz CT molecular complexity index is 414. The number of hydrogen-bond acceptors (Lipinski definition) is 2. The lowest BCUT2D eigenvalue weighted by molar-refractivity contribution is -0.130. The predicted molar refractivity (Wildman–Crippen MR) is 96.1 cm³/mol. The van der Waals surface area contributed by atoms with Crippen LogP contribution in [-0.2, 0) is 4.74 Å². The van der Waals surface area contributed by atoms with E-state index in [1.807, 2.05) is 0 Å². The SMILES string of the molecule is CN1C2CCCCC2C(COC2C(F)CCCC2F)C2CCCCC21. The van der Waals surface area contributed by atoms with Gasteiger partial charge < -0.3 is 4.74 Å². The molecule has 1 saturated heterocycles. The third kappa shape index (κ3) is 3.50. The van der Waals surface area contributed by atoms with Crippen LogP contribution in [0, 0.1) is 17.8 Å². The van der Waals surface area contributed by atoms with Gasteiger partial charge in [0, 0.05) is 12.1 Å². The second-order valence-electron chi connectivity index (χ2n) is 9.12. The van der Waals surface area contributed by atoms with Crippen molar-refractivity contribution in [1.82, 2.24) is 4.90 Å². The number of nitrogens with zero attached hydrogens (tertiary/aromatic N) is 1. The molecule has 144 valence electrons. The number of halogens is 2. The van der Waals surface area contributed by atoms with E-state index in [4.69, 9.17) is 4.74 Å². The van der Waals surface area contributed by atoms with Crippen LogP contribution in [-0.4, -0.2) is 49.1 Å². The van der Waals surface area contributed by atoms with Crippen LogP contribution in [0.25, 0.3) is 0 Å². The first-order valence-electron chi connectivity index (χ1n) is 10.8. The van der Waals surface area contributed by atoms with Gasteiger partial charge in [0.25, 0.3) is 0 Å². The first-order valence-corrected chi connectivity index (χ1v) is 10.8. The van der Waals surface area contributed by atoms with Crippen LogP contribution >= 0.6 is 0 Å². The Hall–Kier alpha value is -0.220. The predicted octanol–water partition coefficient (Wildman–Crippen LogP) is 4.91. The maximum atomic E-state index is 14.2. The van der Waals surface area contributed by atoms with Crippen molar-refractivity contribution in [2.45, 2.75) is 101 Å². The number of hydrogen-bond donors (Lipinski definition) is 0. The van der Waals surface area contributed by atoms with Gasteiger partial charge in [0.05, 0.1) is 6.61 Å². The summed E-state index contributed by atoms with van der Waals surface area (Å²) in [4.78, 5) is 2.68. The van der Waals surface area contributed by atoms with Gasteiger partial charge in [-0.15, -0.1) is 0 Å². The highest BCUT2D eigenvalue weighted by Gasteiger charge is 2.49. The molecule has 25 heavy (non-hydrogen) atoms. The summed E-state index contributed by atoms with van der Waals surface area (Å²) in [5, 5.41) is 0. The van der Waals surface area contributed by atoms with Crippen LogP contribution in [0.3, 0.4) is 0 Å². The van der Waals surface area contributed by atoms with Gasteiger partial charge >= 0.3 is 0 Å². The molecule has 0 amide bonds. The molecule has 0 bridgehead atoms. The summed E-state index contributed by atoms with van der Waals surface area (Å²) in [7, 11) is 2.33. The van der Waals surface area contributed by atoms with Crippen molar-refractivity contribution in [1.29, 1.82) is 0 Å². The Morgan fingerprint density at radius 3 is 1.84 bits per heavy atom. The largest absolute Gasteiger partial charge is 0.372 e. The third-order valence-electron chi connectivity index (χ3n) is 7.86. The van der Waals surface area contributed by atoms with Crippen molar-refractivity contribution in [2.75, 3.05) is 13.7 Å². The van der Waals surface area contributed by atoms with Crippen molar-refractivity contribution in [3.63, 3.8) is 0 Å². The number of likely N-dealkylation sites (tertiary alicyclic amines) is 1. The highest BCUT2D eigenvalue weighted by molar-refractivity contribution is 5.01. The van der Waals surface area contributed by atoms with Crippen molar-refractivity contribution in [2.24, 2.45) is 17.8 Å². The Morgan fingerprint density at radius 2 is 1.28 bits per heavy atom. The molecule has 3 saturated carbocycles. The zero-order valence-corrected chi connectivity index (χ0v) is 15.7. The molecule has 0 N–H and O–H groups in total. The lowest BCUT2D eigenvalue weighted by Gasteiger charge is -2.56. The molecule has 3 aliphatic carbocycles. The smallest absolute Gasteiger partial charge is 0.129 e. The molecule has 6 atom stereocenters. The third-order valence-corrected chi connectivity index (χ3v) is 7.86. The molecular formula is C21H35F2NO. The molecule has 4 rings (SSSR count). The molecule has 4 fully saturated rings. The van der Waals surface area contributed by atoms with E-state index in [9.17, 15) is 8.78 Å². The van der Waals surface area contributed by atoms with E-state index >= 15 is 0 Å². The van der Waals surface area contributed by atoms with Crippen LogP contribution in [0.5, 0.6) is 0 Å². The fourth-order valence-corrected chi connectivity index (χ4v) is 6.59. The van der Waals surface area contributed by atoms with E-state index in [0.717, 1.165) is 0 Å². The van der Waals surface area contributed by atoms with E-state index in [1.165, 1.54) is 51.4 Å². The maximum Gasteiger partial charge on any atom is 0.129 e. The molecule has 0 aromatic carbocycles. The normalized spacial score (nSPS) is 48.6. The lowest BCUT2D eigenvalue weighted by atomic mass is 9.62. The molecule has 4 aliphatic rings. The van der Waals surface area contributed by atoms with E-state index in [1.54, 1.807) is 0 Å². The minimum absolute atomic E-state index is 0.469. The van der Waals surface area contributed by atoms with Gasteiger partial charge in [-0.05, 0) is 69.7 Å². The minimum Gasteiger partial charge on any atom is -0.372 e. The number of piperidine rings is 1. The van der Waals surface area contributed by atoms with Gasteiger partial charge in [-0.2, -0.15) is 0 Å². The van der Waals surface area contributed by atoms with Gasteiger partial charge in [0.1, 0.15) is 18.4 Å². The van der Waals surface area contributed by atoms with Crippen molar-refractivity contribution < 1.29 is 13.5 Å². The lowest BCUT2D eigenvalue weighted by Crippen LogP contribution is -2.60. The number of alkyl halides is 2. The Balaban J connectivity index is 1.48. The molecule has 4 heteroatoms. The second-order valence-corrected chi connectivity index (χ2v) is 9.12. The zero-order chi connectivity index (χ0) is 17.4. The van der Waals surface area contributed by atoms with Gasteiger partial charge in [-0.25, -0.2) is 8.78 Å². The molecule has 0 aromatic rings. The van der Waals surface area contributed by atoms with Crippen LogP contribution in [0.4, 0.5) is 8.78 Å². The van der Waals surface area contributed by atoms with Gasteiger partial charge in [0.15, 0.2) is 0 Å². The molecular weight excluding hydrogens is 320 g/mol. The van der Waals surface area contributed by atoms with Gasteiger partial charge in [-0.1, -0.05) is 25.7 Å². The minimum atomic E-state index is -1.11. The Morgan fingerprint density at radius 1 is 0.760 bits per heavy atom. The average Bonchev–Trinajstić information content (AvgIpc) is 2.64. The second kappa shape index (κ2) is 7.80. The number of rotatable bonds is 3. The molecule has 0 spiro atoms. The summed E-state index contributed by atoms with van der Waals surface area (Å²) in [6.45, 7) is 0.585. The van der Waals surface area contributed by atoms with E-state index in [0.29, 0.717) is 55.7 Å². The summed E-state index contributed by atoms with van der Waals surface area (Å²) in [5.41, 5.74) is 0. The topological polar surface area (TPSA) is 12.5 Å². The van der Waals surface area contributed by atoms with Gasteiger partial charge in [-0.3, -0.25) is 4.90 Å². The van der Waals surface area contributed by atoms with E-state index in [2.05, 4.69) is 11.9 Å². The van der Waals surface area contributed by atoms with Crippen LogP contribution < -0.4 is 0 Å². The number of fused-ring (bicyclic) bond motifs is 2. The van der Waals surface area contributed by atoms with E-state index in [-0.39, 0.29) is 0 Å². The van der Waals surface area contributed by atoms with Gasteiger partial charge in [0.2, 0.25) is 0 Å². The monoisotopic (exact) mass is 355 g/mol. The van der Waals surface area contributed by atoms with Crippen LogP contribution in [0.15, 0.2) is 0 Å².